The molecule has 0 atom stereocenters. The van der Waals surface area contributed by atoms with Crippen LogP contribution in [0.3, 0.4) is 0 Å². The van der Waals surface area contributed by atoms with Gasteiger partial charge in [-0.1, -0.05) is 6.92 Å². The second kappa shape index (κ2) is 7.06. The summed E-state index contributed by atoms with van der Waals surface area (Å²) in [5, 5.41) is 1.31. The Labute approximate surface area is 174 Å². The molecule has 7 heteroatoms. The summed E-state index contributed by atoms with van der Waals surface area (Å²) in [5.41, 5.74) is 4.11. The van der Waals surface area contributed by atoms with Gasteiger partial charge in [0.15, 0.2) is 5.52 Å². The molecule has 3 aromatic heterocycles. The van der Waals surface area contributed by atoms with Gasteiger partial charge in [-0.3, -0.25) is 4.90 Å². The van der Waals surface area contributed by atoms with E-state index in [0.29, 0.717) is 0 Å². The first kappa shape index (κ1) is 17.8. The van der Waals surface area contributed by atoms with E-state index < -0.39 is 0 Å². The predicted molar refractivity (Wildman–Crippen MR) is 117 cm³/mol. The Morgan fingerprint density at radius 3 is 2.69 bits per heavy atom. The molecule has 2 aliphatic heterocycles. The van der Waals surface area contributed by atoms with Gasteiger partial charge in [0.05, 0.1) is 31.7 Å². The van der Waals surface area contributed by atoms with Crippen molar-refractivity contribution in [2.45, 2.75) is 39.0 Å². The van der Waals surface area contributed by atoms with E-state index in [-0.39, 0.29) is 0 Å². The molecule has 6 nitrogen and oxygen atoms in total. The zero-order chi connectivity index (χ0) is 19.4. The molecule has 0 spiro atoms. The van der Waals surface area contributed by atoms with E-state index in [4.69, 9.17) is 14.7 Å². The van der Waals surface area contributed by atoms with E-state index in [9.17, 15) is 0 Å². The van der Waals surface area contributed by atoms with Crippen molar-refractivity contribution in [3.05, 3.63) is 17.5 Å². The van der Waals surface area contributed by atoms with Gasteiger partial charge in [-0.05, 0) is 49.1 Å². The third-order valence-electron chi connectivity index (χ3n) is 6.88. The number of aromatic amines is 1. The maximum absolute atomic E-state index is 5.58. The van der Waals surface area contributed by atoms with Crippen molar-refractivity contribution >= 4 is 43.4 Å². The van der Waals surface area contributed by atoms with Crippen LogP contribution in [0.25, 0.3) is 20.4 Å². The van der Waals surface area contributed by atoms with Crippen molar-refractivity contribution in [1.29, 1.82) is 0 Å². The van der Waals surface area contributed by atoms with Crippen LogP contribution in [0.1, 0.15) is 37.3 Å². The lowest BCUT2D eigenvalue weighted by Crippen LogP contribution is -2.37. The van der Waals surface area contributed by atoms with Crippen molar-refractivity contribution in [2.75, 3.05) is 49.2 Å². The molecule has 0 amide bonds. The van der Waals surface area contributed by atoms with Crippen molar-refractivity contribution in [2.24, 2.45) is 5.92 Å². The molecule has 152 valence electrons. The average molecular weight is 411 g/mol. The Morgan fingerprint density at radius 2 is 1.86 bits per heavy atom. The van der Waals surface area contributed by atoms with Gasteiger partial charge in [-0.15, -0.1) is 16.3 Å². The lowest BCUT2D eigenvalue weighted by molar-refractivity contribution is -0.366. The van der Waals surface area contributed by atoms with Crippen LogP contribution in [0.5, 0.6) is 0 Å². The van der Waals surface area contributed by atoms with E-state index in [1.54, 1.807) is 0 Å². The smallest absolute Gasteiger partial charge is 0.242 e. The first-order chi connectivity index (χ1) is 14.3. The summed E-state index contributed by atoms with van der Waals surface area (Å²) in [6, 6.07) is 0. The molecule has 0 bridgehead atoms. The average Bonchev–Trinajstić information content (AvgIpc) is 3.38. The fourth-order valence-electron chi connectivity index (χ4n) is 5.20. The molecule has 0 saturated carbocycles. The number of rotatable bonds is 2. The molecule has 0 radical (unpaired) electrons. The summed E-state index contributed by atoms with van der Waals surface area (Å²) in [4.78, 5) is 19.6. The number of H-pyrrole nitrogens is 1. The fourth-order valence-corrected chi connectivity index (χ4v) is 6.39. The number of fused-ring (bicyclic) bond motifs is 5. The number of aryl methyl sites for hydroxylation is 1. The molecule has 29 heavy (non-hydrogen) atoms. The Balaban J connectivity index is 1.52. The number of thiophene rings is 1. The number of pyridine rings is 1. The van der Waals surface area contributed by atoms with Crippen LogP contribution in [-0.4, -0.2) is 49.4 Å². The van der Waals surface area contributed by atoms with Crippen molar-refractivity contribution < 1.29 is 9.72 Å². The first-order valence-corrected chi connectivity index (χ1v) is 11.8. The topological polar surface area (TPSA) is 55.6 Å². The maximum atomic E-state index is 5.58. The van der Waals surface area contributed by atoms with Crippen molar-refractivity contribution in [1.82, 2.24) is 9.97 Å². The van der Waals surface area contributed by atoms with Gasteiger partial charge in [-0.2, -0.15) is 0 Å². The van der Waals surface area contributed by atoms with Crippen LogP contribution in [0.4, 0.5) is 11.6 Å². The SMILES string of the molecule is CC1CCN(c2[nH+]cnc3c2sc2nc(N4CCOCC4)c4c(c23)CCC4)CC1. The highest BCUT2D eigenvalue weighted by Gasteiger charge is 2.30. The Morgan fingerprint density at radius 1 is 1.07 bits per heavy atom. The molecule has 6 rings (SSSR count). The lowest BCUT2D eigenvalue weighted by Gasteiger charge is -2.29. The monoisotopic (exact) mass is 410 g/mol. The van der Waals surface area contributed by atoms with Gasteiger partial charge in [0, 0.05) is 13.1 Å². The second-order valence-electron chi connectivity index (χ2n) is 8.73. The van der Waals surface area contributed by atoms with Gasteiger partial charge in [-0.25, -0.2) is 9.97 Å². The summed E-state index contributed by atoms with van der Waals surface area (Å²) >= 11 is 1.82. The highest BCUT2D eigenvalue weighted by Crippen LogP contribution is 2.43. The number of piperidine rings is 1. The number of ether oxygens (including phenoxy) is 1. The minimum Gasteiger partial charge on any atom is -0.378 e. The van der Waals surface area contributed by atoms with Crippen molar-refractivity contribution in [3.8, 4) is 0 Å². The Kier molecular flexibility index (Phi) is 4.34. The maximum Gasteiger partial charge on any atom is 0.242 e. The molecule has 0 unspecified atom stereocenters. The number of anilines is 2. The Hall–Kier alpha value is -1.99. The van der Waals surface area contributed by atoms with Gasteiger partial charge in [0.25, 0.3) is 0 Å². The summed E-state index contributed by atoms with van der Waals surface area (Å²) in [5.74, 6) is 3.27. The lowest BCUT2D eigenvalue weighted by atomic mass is 9.99. The summed E-state index contributed by atoms with van der Waals surface area (Å²) in [7, 11) is 0. The van der Waals surface area contributed by atoms with Gasteiger partial charge < -0.3 is 9.64 Å². The highest BCUT2D eigenvalue weighted by atomic mass is 32.1. The van der Waals surface area contributed by atoms with Gasteiger partial charge in [0.2, 0.25) is 12.1 Å². The molecular formula is C22H28N5OS+. The summed E-state index contributed by atoms with van der Waals surface area (Å²) in [6.45, 7) is 8.09. The van der Waals surface area contributed by atoms with Crippen LogP contribution in [0.2, 0.25) is 0 Å². The van der Waals surface area contributed by atoms with E-state index in [0.717, 1.165) is 68.5 Å². The van der Waals surface area contributed by atoms with Crippen LogP contribution >= 0.6 is 11.3 Å². The highest BCUT2D eigenvalue weighted by molar-refractivity contribution is 7.26. The molecule has 1 aliphatic carbocycles. The summed E-state index contributed by atoms with van der Waals surface area (Å²) in [6.07, 6.45) is 7.92. The van der Waals surface area contributed by atoms with Crippen LogP contribution in [0, 0.1) is 5.92 Å². The molecule has 3 aromatic rings. The molecule has 2 saturated heterocycles. The third-order valence-corrected chi connectivity index (χ3v) is 7.96. The van der Waals surface area contributed by atoms with Gasteiger partial charge in [0.1, 0.15) is 15.3 Å². The minimum absolute atomic E-state index is 0.801. The van der Waals surface area contributed by atoms with Crippen LogP contribution < -0.4 is 14.8 Å². The Bertz CT molecular complexity index is 1070. The van der Waals surface area contributed by atoms with E-state index in [2.05, 4.69) is 21.7 Å². The predicted octanol–water partition coefficient (Wildman–Crippen LogP) is 3.22. The van der Waals surface area contributed by atoms with E-state index in [1.807, 2.05) is 17.7 Å². The standard InChI is InChI=1S/C22H27N5OS/c1-14-5-7-26(8-6-14)21-19-18(23-13-24-21)17-15-3-2-4-16(15)20(25-22(17)29-19)27-9-11-28-12-10-27/h13-14H,2-12H2,1H3/p+1. The number of hydrogen-bond donors (Lipinski definition) is 0. The molecule has 5 heterocycles. The van der Waals surface area contributed by atoms with Crippen LogP contribution in [-0.2, 0) is 17.6 Å². The molecule has 2 fully saturated rings. The van der Waals surface area contributed by atoms with Crippen LogP contribution in [0.15, 0.2) is 6.33 Å². The molecular weight excluding hydrogens is 382 g/mol. The zero-order valence-corrected chi connectivity index (χ0v) is 17.9. The van der Waals surface area contributed by atoms with Crippen molar-refractivity contribution in [3.63, 3.8) is 0 Å². The third kappa shape index (κ3) is 2.89. The fraction of sp³-hybridized carbons (Fsp3) is 0.591. The normalized spacial score (nSPS) is 20.7. The number of nitrogens with zero attached hydrogens (tertiary/aromatic N) is 4. The quantitative estimate of drug-likeness (QED) is 0.649. The summed E-state index contributed by atoms with van der Waals surface area (Å²) < 4.78 is 6.86. The largest absolute Gasteiger partial charge is 0.378 e. The number of aromatic nitrogens is 3. The number of morpholine rings is 1. The number of hydrogen-bond acceptors (Lipinski definition) is 6. The number of nitrogens with one attached hydrogen (secondary N) is 1. The first-order valence-electron chi connectivity index (χ1n) is 11.0. The molecule has 3 aliphatic rings. The molecule has 0 aromatic carbocycles. The van der Waals surface area contributed by atoms with E-state index in [1.165, 1.54) is 52.1 Å². The van der Waals surface area contributed by atoms with Gasteiger partial charge >= 0.3 is 0 Å². The van der Waals surface area contributed by atoms with E-state index >= 15 is 0 Å². The molecule has 1 N–H and O–H groups in total. The zero-order valence-electron chi connectivity index (χ0n) is 17.0. The second-order valence-corrected chi connectivity index (χ2v) is 9.73. The minimum atomic E-state index is 0.801.